The minimum atomic E-state index is 0.136. The van der Waals surface area contributed by atoms with Gasteiger partial charge in [-0.15, -0.1) is 0 Å². The average molecular weight is 764 g/mol. The second kappa shape index (κ2) is 11.7. The normalized spacial score (nSPS) is 28.0. The third kappa shape index (κ3) is 4.37. The zero-order chi connectivity index (χ0) is 39.5. The highest BCUT2D eigenvalue weighted by molar-refractivity contribution is 5.97. The first-order valence-corrected chi connectivity index (χ1v) is 22.6. The Bertz CT molecular complexity index is 2890. The van der Waals surface area contributed by atoms with Crippen molar-refractivity contribution >= 4 is 27.8 Å². The molecule has 59 heavy (non-hydrogen) atoms. The summed E-state index contributed by atoms with van der Waals surface area (Å²) in [5.74, 6) is 3.46. The van der Waals surface area contributed by atoms with Crippen molar-refractivity contribution in [2.75, 3.05) is 4.90 Å². The van der Waals surface area contributed by atoms with Crippen LogP contribution in [0.3, 0.4) is 0 Å². The van der Waals surface area contributed by atoms with Crippen LogP contribution >= 0.6 is 0 Å². The van der Waals surface area contributed by atoms with Crippen LogP contribution in [0.25, 0.3) is 44.2 Å². The third-order valence-electron chi connectivity index (χ3n) is 17.4. The second-order valence-corrected chi connectivity index (χ2v) is 20.8. The van der Waals surface area contributed by atoms with E-state index in [9.17, 15) is 0 Å². The van der Waals surface area contributed by atoms with Gasteiger partial charge in [-0.25, -0.2) is 0 Å². The third-order valence-corrected chi connectivity index (χ3v) is 17.4. The van der Waals surface area contributed by atoms with Crippen LogP contribution in [0.4, 0.5) is 17.1 Å². The predicted octanol–water partition coefficient (Wildman–Crippen LogP) is 15.3. The molecule has 0 N–H and O–H groups in total. The molecule has 0 radical (unpaired) electrons. The lowest BCUT2D eigenvalue weighted by Crippen LogP contribution is -2.73. The number of nitrogens with zero attached hydrogens (tertiary/aromatic N) is 1. The second-order valence-electron chi connectivity index (χ2n) is 20.8. The van der Waals surface area contributed by atoms with Gasteiger partial charge in [-0.05, 0) is 170 Å². The molecule has 1 nitrogen and oxygen atoms in total. The molecular weight excluding hydrogens is 711 g/mol. The smallest absolute Gasteiger partial charge is 0.0540 e. The molecule has 4 fully saturated rings. The number of anilines is 3. The highest BCUT2D eigenvalue weighted by Crippen LogP contribution is 2.89. The average Bonchev–Trinajstić information content (AvgIpc) is 3.90. The van der Waals surface area contributed by atoms with E-state index in [0.29, 0.717) is 5.41 Å². The molecule has 0 aromatic heterocycles. The number of benzene rings is 7. The van der Waals surface area contributed by atoms with Gasteiger partial charge < -0.3 is 4.90 Å². The van der Waals surface area contributed by atoms with E-state index in [0.717, 1.165) is 23.7 Å². The van der Waals surface area contributed by atoms with Crippen LogP contribution in [0.1, 0.15) is 88.5 Å². The summed E-state index contributed by atoms with van der Waals surface area (Å²) >= 11 is 0. The Morgan fingerprint density at radius 3 is 1.98 bits per heavy atom. The van der Waals surface area contributed by atoms with Crippen molar-refractivity contribution in [2.24, 2.45) is 29.1 Å². The Kier molecular flexibility index (Phi) is 6.81. The Hall–Kier alpha value is -5.40. The SMILES string of the molecule is CC1(C)CCC(C)(C)c2cc(-c3ccccc3N(c3ccc(-c4cccc5ccccc45)cc3)c3ccc4c(c3)C3(c5ccccc5-4)C4CC5CC6CC3C64C5)ccc21. The molecule has 7 aromatic carbocycles. The lowest BCUT2D eigenvalue weighted by Gasteiger charge is -2.76. The molecule has 6 atom stereocenters. The molecular formula is C58H53N. The van der Waals surface area contributed by atoms with Crippen molar-refractivity contribution in [3.05, 3.63) is 174 Å². The van der Waals surface area contributed by atoms with Crippen molar-refractivity contribution in [1.82, 2.24) is 0 Å². The summed E-state index contributed by atoms with van der Waals surface area (Å²) in [5, 5.41) is 2.57. The number of rotatable bonds is 5. The molecule has 1 heteroatoms. The minimum Gasteiger partial charge on any atom is -0.310 e. The summed E-state index contributed by atoms with van der Waals surface area (Å²) in [6, 6.07) is 58.6. The minimum absolute atomic E-state index is 0.136. The van der Waals surface area contributed by atoms with Gasteiger partial charge in [0.25, 0.3) is 0 Å². The fourth-order valence-electron chi connectivity index (χ4n) is 14.8. The molecule has 0 amide bonds. The van der Waals surface area contributed by atoms with Crippen LogP contribution in [0, 0.1) is 29.1 Å². The standard InChI is InChI=1S/C58H53N/c1-55(2)28-29-56(3,4)51-32-39(22-27-49(51)55)45-15-8-10-19-52(45)59(41-23-20-38(21-24-41)44-17-11-13-37-12-5-6-14-43(37)44)42-25-26-47-46-16-7-9-18-48(46)58(50(47)34-42)53-31-36-30-40-33-54(58)57(40,53)35-36/h5-27,32,34,36,40,53-54H,28-31,33,35H2,1-4H3. The summed E-state index contributed by atoms with van der Waals surface area (Å²) in [7, 11) is 0. The van der Waals surface area contributed by atoms with Gasteiger partial charge in [0, 0.05) is 22.4 Å². The largest absolute Gasteiger partial charge is 0.310 e. The molecule has 0 heterocycles. The molecule has 6 aliphatic carbocycles. The van der Waals surface area contributed by atoms with Crippen LogP contribution < -0.4 is 4.90 Å². The lowest BCUT2D eigenvalue weighted by molar-refractivity contribution is -0.231. The molecule has 6 aliphatic rings. The van der Waals surface area contributed by atoms with Crippen molar-refractivity contribution in [3.8, 4) is 33.4 Å². The first kappa shape index (κ1) is 34.5. The molecule has 0 saturated heterocycles. The van der Waals surface area contributed by atoms with E-state index in [4.69, 9.17) is 0 Å². The quantitative estimate of drug-likeness (QED) is 0.169. The predicted molar refractivity (Wildman–Crippen MR) is 246 cm³/mol. The molecule has 7 aromatic rings. The van der Waals surface area contributed by atoms with Crippen molar-refractivity contribution in [1.29, 1.82) is 0 Å². The Balaban J connectivity index is 1.00. The number of para-hydroxylation sites is 1. The highest BCUT2D eigenvalue weighted by Gasteiger charge is 2.84. The maximum Gasteiger partial charge on any atom is 0.0540 e. The molecule has 290 valence electrons. The van der Waals surface area contributed by atoms with Gasteiger partial charge in [0.15, 0.2) is 0 Å². The first-order valence-electron chi connectivity index (χ1n) is 22.6. The number of hydrogen-bond acceptors (Lipinski definition) is 1. The van der Waals surface area contributed by atoms with E-state index < -0.39 is 0 Å². The molecule has 2 spiro atoms. The summed E-state index contributed by atoms with van der Waals surface area (Å²) in [6.07, 6.45) is 8.24. The van der Waals surface area contributed by atoms with Gasteiger partial charge in [0.05, 0.1) is 5.69 Å². The van der Waals surface area contributed by atoms with Gasteiger partial charge in [-0.3, -0.25) is 0 Å². The van der Waals surface area contributed by atoms with Crippen LogP contribution in [-0.2, 0) is 16.2 Å². The lowest BCUT2D eigenvalue weighted by atomic mass is 9.27. The van der Waals surface area contributed by atoms with E-state index in [-0.39, 0.29) is 16.2 Å². The number of fused-ring (bicyclic) bond motifs is 10. The van der Waals surface area contributed by atoms with E-state index in [1.807, 2.05) is 0 Å². The zero-order valence-electron chi connectivity index (χ0n) is 34.9. The van der Waals surface area contributed by atoms with Gasteiger partial charge in [0.2, 0.25) is 0 Å². The fraction of sp³-hybridized carbons (Fsp3) is 0.310. The summed E-state index contributed by atoms with van der Waals surface area (Å²) < 4.78 is 0. The van der Waals surface area contributed by atoms with Crippen molar-refractivity contribution in [3.63, 3.8) is 0 Å². The van der Waals surface area contributed by atoms with Crippen LogP contribution in [0.15, 0.2) is 152 Å². The Morgan fingerprint density at radius 1 is 0.475 bits per heavy atom. The highest BCUT2D eigenvalue weighted by atomic mass is 15.1. The molecule has 13 rings (SSSR count). The van der Waals surface area contributed by atoms with Gasteiger partial charge in [-0.2, -0.15) is 0 Å². The Labute approximate surface area is 350 Å². The molecule has 0 aliphatic heterocycles. The maximum absolute atomic E-state index is 2.66. The summed E-state index contributed by atoms with van der Waals surface area (Å²) in [4.78, 5) is 2.59. The van der Waals surface area contributed by atoms with Gasteiger partial charge in [-0.1, -0.05) is 149 Å². The van der Waals surface area contributed by atoms with Crippen LogP contribution in [0.2, 0.25) is 0 Å². The topological polar surface area (TPSA) is 3.24 Å². The molecule has 2 bridgehead atoms. The van der Waals surface area contributed by atoms with Crippen LogP contribution in [0.5, 0.6) is 0 Å². The van der Waals surface area contributed by atoms with Crippen molar-refractivity contribution < 1.29 is 0 Å². The Morgan fingerprint density at radius 2 is 1.14 bits per heavy atom. The van der Waals surface area contributed by atoms with E-state index >= 15 is 0 Å². The monoisotopic (exact) mass is 763 g/mol. The molecule has 6 unspecified atom stereocenters. The number of hydrogen-bond donors (Lipinski definition) is 0. The fourth-order valence-corrected chi connectivity index (χ4v) is 14.8. The van der Waals surface area contributed by atoms with E-state index in [1.165, 1.54) is 111 Å². The zero-order valence-corrected chi connectivity index (χ0v) is 34.9. The summed E-state index contributed by atoms with van der Waals surface area (Å²) in [5.41, 5.74) is 19.1. The molecule has 4 saturated carbocycles. The van der Waals surface area contributed by atoms with Gasteiger partial charge in [0.1, 0.15) is 0 Å². The van der Waals surface area contributed by atoms with Crippen molar-refractivity contribution in [2.45, 2.75) is 82.5 Å². The first-order chi connectivity index (χ1) is 28.7. The van der Waals surface area contributed by atoms with E-state index in [1.54, 1.807) is 11.1 Å². The van der Waals surface area contributed by atoms with E-state index in [2.05, 4.69) is 184 Å². The maximum atomic E-state index is 2.66. The van der Waals surface area contributed by atoms with Crippen LogP contribution in [-0.4, -0.2) is 0 Å². The summed E-state index contributed by atoms with van der Waals surface area (Å²) in [6.45, 7) is 9.76. The van der Waals surface area contributed by atoms with Gasteiger partial charge >= 0.3 is 0 Å².